The average Bonchev–Trinajstić information content (AvgIpc) is 2.41. The van der Waals surface area contributed by atoms with E-state index in [4.69, 9.17) is 15.6 Å². The second-order valence-corrected chi connectivity index (χ2v) is 4.62. The van der Waals surface area contributed by atoms with E-state index in [0.29, 0.717) is 23.5 Å². The molecule has 0 saturated heterocycles. The number of para-hydroxylation sites is 1. The van der Waals surface area contributed by atoms with Crippen LogP contribution < -0.4 is 10.5 Å². The van der Waals surface area contributed by atoms with E-state index in [2.05, 4.69) is 0 Å². The van der Waals surface area contributed by atoms with Gasteiger partial charge in [-0.2, -0.15) is 0 Å². The van der Waals surface area contributed by atoms with Crippen LogP contribution in [0.2, 0.25) is 0 Å². The Morgan fingerprint density at radius 1 is 1.15 bits per heavy atom. The Balaban J connectivity index is 2.38. The molecule has 2 rings (SSSR count). The maximum atomic E-state index is 13.9. The van der Waals surface area contributed by atoms with Crippen LogP contribution in [0.5, 0.6) is 11.5 Å². The quantitative estimate of drug-likeness (QED) is 0.881. The van der Waals surface area contributed by atoms with Gasteiger partial charge in [-0.05, 0) is 37.1 Å². The van der Waals surface area contributed by atoms with Gasteiger partial charge >= 0.3 is 0 Å². The molecule has 3 N–H and O–H groups in total. The zero-order chi connectivity index (χ0) is 14.5. The minimum absolute atomic E-state index is 0.0314. The predicted molar refractivity (Wildman–Crippen MR) is 76.3 cm³/mol. The first-order valence-corrected chi connectivity index (χ1v) is 6.54. The predicted octanol–water partition coefficient (Wildman–Crippen LogP) is 3.17. The van der Waals surface area contributed by atoms with Crippen LogP contribution in [0.4, 0.5) is 4.39 Å². The van der Waals surface area contributed by atoms with Crippen LogP contribution in [0.15, 0.2) is 42.5 Å². The highest BCUT2D eigenvalue weighted by molar-refractivity contribution is 5.43. The molecule has 2 aromatic rings. The molecule has 0 bridgehead atoms. The normalized spacial score (nSPS) is 12.2. The summed E-state index contributed by atoms with van der Waals surface area (Å²) < 4.78 is 19.7. The van der Waals surface area contributed by atoms with Crippen molar-refractivity contribution in [1.82, 2.24) is 0 Å². The number of halogens is 1. The topological polar surface area (TPSA) is 55.5 Å². The molecule has 0 unspecified atom stereocenters. The van der Waals surface area contributed by atoms with Crippen molar-refractivity contribution in [3.8, 4) is 11.5 Å². The molecule has 0 radical (unpaired) electrons. The fourth-order valence-corrected chi connectivity index (χ4v) is 2.10. The van der Waals surface area contributed by atoms with Gasteiger partial charge in [-0.25, -0.2) is 4.39 Å². The molecule has 0 aliphatic rings. The van der Waals surface area contributed by atoms with E-state index in [9.17, 15) is 4.39 Å². The van der Waals surface area contributed by atoms with Gasteiger partial charge in [-0.3, -0.25) is 0 Å². The SMILES string of the molecule is C[C@H](N)c1c(F)cccc1Oc1ccccc1CCO. The van der Waals surface area contributed by atoms with Crippen molar-refractivity contribution in [1.29, 1.82) is 0 Å². The molecule has 0 heterocycles. The summed E-state index contributed by atoms with van der Waals surface area (Å²) in [5.41, 5.74) is 7.03. The Kier molecular flexibility index (Phi) is 4.71. The first-order valence-electron chi connectivity index (χ1n) is 6.54. The standard InChI is InChI=1S/C16H18FNO2/c1-11(18)16-13(17)6-4-8-15(16)20-14-7-3-2-5-12(14)9-10-19/h2-8,11,19H,9-10,18H2,1H3/t11-/m0/s1. The monoisotopic (exact) mass is 275 g/mol. The lowest BCUT2D eigenvalue weighted by Gasteiger charge is -2.16. The summed E-state index contributed by atoms with van der Waals surface area (Å²) >= 11 is 0. The zero-order valence-corrected chi connectivity index (χ0v) is 11.3. The number of aliphatic hydroxyl groups is 1. The summed E-state index contributed by atoms with van der Waals surface area (Å²) in [7, 11) is 0. The fourth-order valence-electron chi connectivity index (χ4n) is 2.10. The number of ether oxygens (including phenoxy) is 1. The van der Waals surface area contributed by atoms with E-state index in [1.54, 1.807) is 25.1 Å². The molecule has 0 saturated carbocycles. The number of aliphatic hydroxyl groups excluding tert-OH is 1. The average molecular weight is 275 g/mol. The number of hydrogen-bond donors (Lipinski definition) is 2. The molecule has 3 nitrogen and oxygen atoms in total. The molecule has 1 atom stereocenters. The molecular formula is C16H18FNO2. The Morgan fingerprint density at radius 2 is 1.85 bits per heavy atom. The molecule has 0 aromatic heterocycles. The molecule has 0 spiro atoms. The Bertz CT molecular complexity index is 584. The van der Waals surface area contributed by atoms with Crippen molar-refractivity contribution in [3.63, 3.8) is 0 Å². The van der Waals surface area contributed by atoms with Crippen LogP contribution in [0.25, 0.3) is 0 Å². The third kappa shape index (κ3) is 3.15. The van der Waals surface area contributed by atoms with Crippen LogP contribution in [-0.4, -0.2) is 11.7 Å². The van der Waals surface area contributed by atoms with E-state index in [0.717, 1.165) is 5.56 Å². The van der Waals surface area contributed by atoms with Crippen molar-refractivity contribution in [3.05, 3.63) is 59.4 Å². The molecule has 0 aliphatic carbocycles. The molecule has 106 valence electrons. The van der Waals surface area contributed by atoms with Gasteiger partial charge < -0.3 is 15.6 Å². The maximum absolute atomic E-state index is 13.9. The van der Waals surface area contributed by atoms with Gasteiger partial charge in [0.2, 0.25) is 0 Å². The highest BCUT2D eigenvalue weighted by Crippen LogP contribution is 2.32. The van der Waals surface area contributed by atoms with Crippen molar-refractivity contribution >= 4 is 0 Å². The lowest BCUT2D eigenvalue weighted by Crippen LogP contribution is -2.09. The van der Waals surface area contributed by atoms with Crippen LogP contribution >= 0.6 is 0 Å². The first kappa shape index (κ1) is 14.5. The van der Waals surface area contributed by atoms with Gasteiger partial charge in [-0.15, -0.1) is 0 Å². The first-order chi connectivity index (χ1) is 9.63. The molecular weight excluding hydrogens is 257 g/mol. The minimum atomic E-state index is -0.462. The van der Waals surface area contributed by atoms with Crippen LogP contribution in [0.3, 0.4) is 0 Å². The third-order valence-electron chi connectivity index (χ3n) is 3.04. The highest BCUT2D eigenvalue weighted by atomic mass is 19.1. The fraction of sp³-hybridized carbons (Fsp3) is 0.250. The van der Waals surface area contributed by atoms with E-state index in [1.165, 1.54) is 6.07 Å². The lowest BCUT2D eigenvalue weighted by molar-refractivity contribution is 0.297. The molecule has 0 aliphatic heterocycles. The molecule has 0 amide bonds. The van der Waals surface area contributed by atoms with Crippen molar-refractivity contribution < 1.29 is 14.2 Å². The van der Waals surface area contributed by atoms with Gasteiger partial charge in [-0.1, -0.05) is 24.3 Å². The highest BCUT2D eigenvalue weighted by Gasteiger charge is 2.15. The van der Waals surface area contributed by atoms with Crippen LogP contribution in [0.1, 0.15) is 24.1 Å². The largest absolute Gasteiger partial charge is 0.457 e. The Labute approximate surface area is 117 Å². The number of benzene rings is 2. The van der Waals surface area contributed by atoms with Gasteiger partial charge in [0.05, 0.1) is 0 Å². The molecule has 2 aromatic carbocycles. The second kappa shape index (κ2) is 6.50. The minimum Gasteiger partial charge on any atom is -0.457 e. The van der Waals surface area contributed by atoms with E-state index >= 15 is 0 Å². The van der Waals surface area contributed by atoms with Crippen LogP contribution in [-0.2, 0) is 6.42 Å². The molecule has 4 heteroatoms. The summed E-state index contributed by atoms with van der Waals surface area (Å²) in [4.78, 5) is 0. The summed E-state index contributed by atoms with van der Waals surface area (Å²) in [6.07, 6.45) is 0.485. The summed E-state index contributed by atoms with van der Waals surface area (Å²) in [5, 5.41) is 9.06. The van der Waals surface area contributed by atoms with Crippen molar-refractivity contribution in [2.75, 3.05) is 6.61 Å². The zero-order valence-electron chi connectivity index (χ0n) is 11.3. The van der Waals surface area contributed by atoms with E-state index in [1.807, 2.05) is 18.2 Å². The van der Waals surface area contributed by atoms with Gasteiger partial charge in [0.1, 0.15) is 17.3 Å². The van der Waals surface area contributed by atoms with Gasteiger partial charge in [0.25, 0.3) is 0 Å². The third-order valence-corrected chi connectivity index (χ3v) is 3.04. The number of hydrogen-bond acceptors (Lipinski definition) is 3. The summed E-state index contributed by atoms with van der Waals surface area (Å²) in [6, 6.07) is 11.6. The molecule has 0 fully saturated rings. The lowest BCUT2D eigenvalue weighted by atomic mass is 10.1. The van der Waals surface area contributed by atoms with E-state index in [-0.39, 0.29) is 12.4 Å². The van der Waals surface area contributed by atoms with Gasteiger partial charge in [0.15, 0.2) is 0 Å². The Hall–Kier alpha value is -1.91. The molecule has 20 heavy (non-hydrogen) atoms. The summed E-state index contributed by atoms with van der Waals surface area (Å²) in [6.45, 7) is 1.74. The van der Waals surface area contributed by atoms with Crippen LogP contribution in [0, 0.1) is 5.82 Å². The van der Waals surface area contributed by atoms with E-state index < -0.39 is 6.04 Å². The number of rotatable bonds is 5. The maximum Gasteiger partial charge on any atom is 0.135 e. The number of nitrogens with two attached hydrogens (primary N) is 1. The van der Waals surface area contributed by atoms with Crippen molar-refractivity contribution in [2.24, 2.45) is 5.73 Å². The second-order valence-electron chi connectivity index (χ2n) is 4.62. The van der Waals surface area contributed by atoms with Crippen molar-refractivity contribution in [2.45, 2.75) is 19.4 Å². The van der Waals surface area contributed by atoms with Gasteiger partial charge in [0, 0.05) is 18.2 Å². The Morgan fingerprint density at radius 3 is 2.55 bits per heavy atom. The smallest absolute Gasteiger partial charge is 0.135 e. The summed E-state index contributed by atoms with van der Waals surface area (Å²) in [5.74, 6) is 0.636.